The Hall–Kier alpha value is -1.68. The van der Waals surface area contributed by atoms with Crippen molar-refractivity contribution in [3.8, 4) is 11.1 Å². The van der Waals surface area contributed by atoms with E-state index in [1.54, 1.807) is 0 Å². The normalized spacial score (nSPS) is 27.5. The van der Waals surface area contributed by atoms with Gasteiger partial charge in [-0.3, -0.25) is 4.90 Å². The first kappa shape index (κ1) is 16.8. The zero-order valence-corrected chi connectivity index (χ0v) is 14.8. The number of hydrogen-bond donors (Lipinski definition) is 2. The maximum atomic E-state index is 10.6. The Morgan fingerprint density at radius 2 is 1.88 bits per heavy atom. The van der Waals surface area contributed by atoms with Crippen molar-refractivity contribution in [2.45, 2.75) is 31.9 Å². The van der Waals surface area contributed by atoms with Crippen LogP contribution in [0.2, 0.25) is 0 Å². The summed E-state index contributed by atoms with van der Waals surface area (Å²) >= 11 is 0. The van der Waals surface area contributed by atoms with Gasteiger partial charge in [-0.1, -0.05) is 54.6 Å². The van der Waals surface area contributed by atoms with Gasteiger partial charge < -0.3 is 10.4 Å². The molecule has 3 heteroatoms. The van der Waals surface area contributed by atoms with E-state index in [9.17, 15) is 5.11 Å². The molecule has 2 N–H and O–H groups in total. The molecule has 4 rings (SSSR count). The lowest BCUT2D eigenvalue weighted by Crippen LogP contribution is -2.57. The number of aliphatic hydroxyl groups is 1. The molecule has 0 aromatic heterocycles. The number of benzene rings is 2. The highest BCUT2D eigenvalue weighted by Gasteiger charge is 2.42. The number of nitrogens with zero attached hydrogens (tertiary/aromatic N) is 1. The minimum Gasteiger partial charge on any atom is -0.392 e. The van der Waals surface area contributed by atoms with E-state index in [-0.39, 0.29) is 11.5 Å². The standard InChI is InChI=1S/C22H28N2O/c25-21-11-13-23-16-22(21)12-6-14-24(17-22)15-19-9-4-5-10-20(19)18-7-2-1-3-8-18/h1-5,7-10,21,23,25H,6,11-17H2/t21-,22-/m0/s1. The second-order valence-electron chi connectivity index (χ2n) is 7.68. The van der Waals surface area contributed by atoms with Crippen LogP contribution in [0.4, 0.5) is 0 Å². The molecular weight excluding hydrogens is 308 g/mol. The van der Waals surface area contributed by atoms with Crippen molar-refractivity contribution in [1.29, 1.82) is 0 Å². The molecule has 2 saturated heterocycles. The van der Waals surface area contributed by atoms with Gasteiger partial charge in [0.1, 0.15) is 0 Å². The molecule has 0 saturated carbocycles. The Morgan fingerprint density at radius 1 is 1.08 bits per heavy atom. The van der Waals surface area contributed by atoms with Crippen molar-refractivity contribution in [2.75, 3.05) is 26.2 Å². The number of aliphatic hydroxyl groups excluding tert-OH is 1. The number of rotatable bonds is 3. The van der Waals surface area contributed by atoms with Crippen LogP contribution in [0.3, 0.4) is 0 Å². The average molecular weight is 336 g/mol. The second kappa shape index (κ2) is 7.28. The maximum Gasteiger partial charge on any atom is 0.0633 e. The third-order valence-electron chi connectivity index (χ3n) is 5.96. The summed E-state index contributed by atoms with van der Waals surface area (Å²) in [5.41, 5.74) is 4.02. The van der Waals surface area contributed by atoms with E-state index in [2.05, 4.69) is 64.8 Å². The van der Waals surface area contributed by atoms with Gasteiger partial charge in [-0.2, -0.15) is 0 Å². The molecule has 2 heterocycles. The first-order valence-corrected chi connectivity index (χ1v) is 9.51. The van der Waals surface area contributed by atoms with Crippen LogP contribution in [0.1, 0.15) is 24.8 Å². The SMILES string of the molecule is O[C@H]1CCNC[C@]12CCCN(Cc1ccccc1-c1ccccc1)C2. The van der Waals surface area contributed by atoms with Crippen LogP contribution >= 0.6 is 0 Å². The smallest absolute Gasteiger partial charge is 0.0633 e. The fraction of sp³-hybridized carbons (Fsp3) is 0.455. The van der Waals surface area contributed by atoms with Gasteiger partial charge in [0.2, 0.25) is 0 Å². The highest BCUT2D eigenvalue weighted by molar-refractivity contribution is 5.67. The molecule has 0 amide bonds. The van der Waals surface area contributed by atoms with Crippen LogP contribution in [0.15, 0.2) is 54.6 Å². The zero-order valence-electron chi connectivity index (χ0n) is 14.8. The lowest BCUT2D eigenvalue weighted by molar-refractivity contribution is -0.0514. The lowest BCUT2D eigenvalue weighted by Gasteiger charge is -2.48. The molecule has 25 heavy (non-hydrogen) atoms. The molecule has 2 aromatic carbocycles. The average Bonchev–Trinajstić information content (AvgIpc) is 2.66. The van der Waals surface area contributed by atoms with E-state index < -0.39 is 0 Å². The quantitative estimate of drug-likeness (QED) is 0.903. The third kappa shape index (κ3) is 3.50. The van der Waals surface area contributed by atoms with E-state index in [1.165, 1.54) is 23.1 Å². The van der Waals surface area contributed by atoms with Crippen molar-refractivity contribution in [3.05, 3.63) is 60.2 Å². The Bertz CT molecular complexity index is 698. The lowest BCUT2D eigenvalue weighted by atomic mass is 9.72. The van der Waals surface area contributed by atoms with Gasteiger partial charge in [0, 0.05) is 25.0 Å². The predicted octanol–water partition coefficient (Wildman–Crippen LogP) is 3.29. The topological polar surface area (TPSA) is 35.5 Å². The highest BCUT2D eigenvalue weighted by Crippen LogP contribution is 2.37. The van der Waals surface area contributed by atoms with E-state index >= 15 is 0 Å². The number of nitrogens with one attached hydrogen (secondary N) is 1. The summed E-state index contributed by atoms with van der Waals surface area (Å²) in [5.74, 6) is 0. The van der Waals surface area contributed by atoms with Crippen molar-refractivity contribution >= 4 is 0 Å². The fourth-order valence-corrected chi connectivity index (χ4v) is 4.61. The first-order chi connectivity index (χ1) is 12.3. The van der Waals surface area contributed by atoms with Gasteiger partial charge in [0.15, 0.2) is 0 Å². The Balaban J connectivity index is 1.55. The summed E-state index contributed by atoms with van der Waals surface area (Å²) in [6, 6.07) is 19.4. The van der Waals surface area contributed by atoms with E-state index in [0.29, 0.717) is 0 Å². The molecule has 132 valence electrons. The van der Waals surface area contributed by atoms with Crippen molar-refractivity contribution in [3.63, 3.8) is 0 Å². The molecule has 1 spiro atoms. The molecule has 2 fully saturated rings. The summed E-state index contributed by atoms with van der Waals surface area (Å²) in [6.07, 6.45) is 3.03. The van der Waals surface area contributed by atoms with Gasteiger partial charge in [0.05, 0.1) is 6.10 Å². The molecule has 0 bridgehead atoms. The van der Waals surface area contributed by atoms with Crippen LogP contribution in [0.25, 0.3) is 11.1 Å². The van der Waals surface area contributed by atoms with Gasteiger partial charge in [-0.15, -0.1) is 0 Å². The Morgan fingerprint density at radius 3 is 2.72 bits per heavy atom. The Kier molecular flexibility index (Phi) is 4.89. The largest absolute Gasteiger partial charge is 0.392 e. The monoisotopic (exact) mass is 336 g/mol. The maximum absolute atomic E-state index is 10.6. The molecule has 2 aliphatic heterocycles. The Labute approximate surface area is 150 Å². The molecule has 2 aliphatic rings. The van der Waals surface area contributed by atoms with Crippen molar-refractivity contribution in [2.24, 2.45) is 5.41 Å². The summed E-state index contributed by atoms with van der Waals surface area (Å²) < 4.78 is 0. The molecule has 0 aliphatic carbocycles. The molecule has 2 aromatic rings. The van der Waals surface area contributed by atoms with Gasteiger partial charge in [0.25, 0.3) is 0 Å². The molecular formula is C22H28N2O. The van der Waals surface area contributed by atoms with Gasteiger partial charge >= 0.3 is 0 Å². The van der Waals surface area contributed by atoms with E-state index in [0.717, 1.165) is 45.6 Å². The minimum atomic E-state index is -0.166. The fourth-order valence-electron chi connectivity index (χ4n) is 4.61. The van der Waals surface area contributed by atoms with Crippen LogP contribution in [-0.2, 0) is 6.54 Å². The summed E-state index contributed by atoms with van der Waals surface area (Å²) in [7, 11) is 0. The summed E-state index contributed by atoms with van der Waals surface area (Å²) in [6.45, 7) is 4.96. The first-order valence-electron chi connectivity index (χ1n) is 9.51. The van der Waals surface area contributed by atoms with E-state index in [4.69, 9.17) is 0 Å². The zero-order chi connectivity index (χ0) is 17.1. The van der Waals surface area contributed by atoms with Crippen molar-refractivity contribution < 1.29 is 5.11 Å². The third-order valence-corrected chi connectivity index (χ3v) is 5.96. The number of likely N-dealkylation sites (tertiary alicyclic amines) is 1. The second-order valence-corrected chi connectivity index (χ2v) is 7.68. The van der Waals surface area contributed by atoms with Crippen molar-refractivity contribution in [1.82, 2.24) is 10.2 Å². The van der Waals surface area contributed by atoms with Gasteiger partial charge in [-0.05, 0) is 49.0 Å². The number of piperidine rings is 2. The van der Waals surface area contributed by atoms with Crippen LogP contribution < -0.4 is 5.32 Å². The summed E-state index contributed by atoms with van der Waals surface area (Å²) in [5, 5.41) is 14.1. The van der Waals surface area contributed by atoms with Crippen LogP contribution in [0, 0.1) is 5.41 Å². The molecule has 2 atom stereocenters. The molecule has 3 nitrogen and oxygen atoms in total. The van der Waals surface area contributed by atoms with Gasteiger partial charge in [-0.25, -0.2) is 0 Å². The van der Waals surface area contributed by atoms with E-state index in [1.807, 2.05) is 0 Å². The summed E-state index contributed by atoms with van der Waals surface area (Å²) in [4.78, 5) is 2.54. The van der Waals surface area contributed by atoms with Crippen LogP contribution in [-0.4, -0.2) is 42.3 Å². The highest BCUT2D eigenvalue weighted by atomic mass is 16.3. The predicted molar refractivity (Wildman–Crippen MR) is 102 cm³/mol. The van der Waals surface area contributed by atoms with Crippen LogP contribution in [0.5, 0.6) is 0 Å². The number of hydrogen-bond acceptors (Lipinski definition) is 3. The molecule has 0 radical (unpaired) electrons. The minimum absolute atomic E-state index is 0.0399. The molecule has 0 unspecified atom stereocenters.